The van der Waals surface area contributed by atoms with Crippen LogP contribution in [-0.4, -0.2) is 17.0 Å². The van der Waals surface area contributed by atoms with Crippen LogP contribution >= 0.6 is 0 Å². The molecule has 3 rings (SSSR count). The second-order valence-corrected chi connectivity index (χ2v) is 5.14. The molecule has 2 heterocycles. The standard InChI is InChI=1S/C17H18N2O2/c1-19-10-8-13-6-7-14(12-16(13)19)17(20)18-9-2-4-15-5-3-11-21-15/h3,5-8,10-12H,2,4,9H2,1H3,(H,18,20). The van der Waals surface area contributed by atoms with Crippen LogP contribution in [0.25, 0.3) is 10.9 Å². The van der Waals surface area contributed by atoms with Crippen molar-refractivity contribution in [2.75, 3.05) is 6.54 Å². The smallest absolute Gasteiger partial charge is 0.251 e. The molecule has 0 aliphatic carbocycles. The first-order valence-corrected chi connectivity index (χ1v) is 7.10. The van der Waals surface area contributed by atoms with Crippen molar-refractivity contribution in [2.45, 2.75) is 12.8 Å². The Balaban J connectivity index is 1.57. The number of benzene rings is 1. The van der Waals surface area contributed by atoms with Crippen LogP contribution in [0.5, 0.6) is 0 Å². The molecule has 21 heavy (non-hydrogen) atoms. The third-order valence-corrected chi connectivity index (χ3v) is 3.62. The number of hydrogen-bond donors (Lipinski definition) is 1. The summed E-state index contributed by atoms with van der Waals surface area (Å²) in [6.07, 6.45) is 5.37. The Kier molecular flexibility index (Phi) is 3.77. The first kappa shape index (κ1) is 13.5. The van der Waals surface area contributed by atoms with Gasteiger partial charge in [0, 0.05) is 37.3 Å². The molecule has 1 N–H and O–H groups in total. The first-order valence-electron chi connectivity index (χ1n) is 7.10. The first-order chi connectivity index (χ1) is 10.2. The molecule has 2 aromatic heterocycles. The number of nitrogens with one attached hydrogen (secondary N) is 1. The van der Waals surface area contributed by atoms with E-state index in [0.717, 1.165) is 29.5 Å². The van der Waals surface area contributed by atoms with Gasteiger partial charge >= 0.3 is 0 Å². The molecule has 3 aromatic rings. The van der Waals surface area contributed by atoms with Gasteiger partial charge in [0.05, 0.1) is 6.26 Å². The lowest BCUT2D eigenvalue weighted by atomic mass is 10.1. The van der Waals surface area contributed by atoms with Crippen LogP contribution < -0.4 is 5.32 Å². The van der Waals surface area contributed by atoms with E-state index >= 15 is 0 Å². The zero-order chi connectivity index (χ0) is 14.7. The van der Waals surface area contributed by atoms with Crippen molar-refractivity contribution in [3.8, 4) is 0 Å². The van der Waals surface area contributed by atoms with Gasteiger partial charge in [-0.1, -0.05) is 6.07 Å². The molecule has 0 fully saturated rings. The Labute approximate surface area is 123 Å². The van der Waals surface area contributed by atoms with Crippen molar-refractivity contribution < 1.29 is 9.21 Å². The van der Waals surface area contributed by atoms with E-state index < -0.39 is 0 Å². The fourth-order valence-electron chi connectivity index (χ4n) is 2.43. The second-order valence-electron chi connectivity index (χ2n) is 5.14. The van der Waals surface area contributed by atoms with Crippen molar-refractivity contribution in [1.29, 1.82) is 0 Å². The molecule has 0 radical (unpaired) electrons. The molecule has 0 saturated carbocycles. The fraction of sp³-hybridized carbons (Fsp3) is 0.235. The SMILES string of the molecule is Cn1ccc2ccc(C(=O)NCCCc3ccco3)cc21. The number of nitrogens with zero attached hydrogens (tertiary/aromatic N) is 1. The minimum Gasteiger partial charge on any atom is -0.469 e. The number of aryl methyl sites for hydroxylation is 2. The lowest BCUT2D eigenvalue weighted by Gasteiger charge is -2.05. The van der Waals surface area contributed by atoms with Crippen LogP contribution in [0.4, 0.5) is 0 Å². The van der Waals surface area contributed by atoms with E-state index in [0.29, 0.717) is 12.1 Å². The largest absolute Gasteiger partial charge is 0.469 e. The van der Waals surface area contributed by atoms with Gasteiger partial charge in [-0.3, -0.25) is 4.79 Å². The van der Waals surface area contributed by atoms with E-state index in [1.807, 2.05) is 54.2 Å². The maximum atomic E-state index is 12.1. The Morgan fingerprint density at radius 2 is 2.19 bits per heavy atom. The molecule has 0 atom stereocenters. The average Bonchev–Trinajstić information content (AvgIpc) is 3.13. The van der Waals surface area contributed by atoms with Crippen LogP contribution in [0, 0.1) is 0 Å². The third kappa shape index (κ3) is 2.99. The van der Waals surface area contributed by atoms with Crippen molar-refractivity contribution in [3.05, 3.63) is 60.2 Å². The van der Waals surface area contributed by atoms with E-state index in [2.05, 4.69) is 5.32 Å². The fourth-order valence-corrected chi connectivity index (χ4v) is 2.43. The Bertz CT molecular complexity index is 741. The highest BCUT2D eigenvalue weighted by atomic mass is 16.3. The summed E-state index contributed by atoms with van der Waals surface area (Å²) >= 11 is 0. The summed E-state index contributed by atoms with van der Waals surface area (Å²) in [6.45, 7) is 0.644. The molecule has 0 bridgehead atoms. The Morgan fingerprint density at radius 1 is 1.29 bits per heavy atom. The normalized spacial score (nSPS) is 10.9. The van der Waals surface area contributed by atoms with Crippen molar-refractivity contribution >= 4 is 16.8 Å². The van der Waals surface area contributed by atoms with Gasteiger partial charge in [-0.05, 0) is 42.1 Å². The number of furan rings is 1. The predicted octanol–water partition coefficient (Wildman–Crippen LogP) is 3.13. The number of hydrogen-bond acceptors (Lipinski definition) is 2. The van der Waals surface area contributed by atoms with Crippen LogP contribution in [0.2, 0.25) is 0 Å². The predicted molar refractivity (Wildman–Crippen MR) is 82.3 cm³/mol. The maximum Gasteiger partial charge on any atom is 0.251 e. The summed E-state index contributed by atoms with van der Waals surface area (Å²) in [5, 5.41) is 4.09. The lowest BCUT2D eigenvalue weighted by Crippen LogP contribution is -2.24. The Hall–Kier alpha value is -2.49. The van der Waals surface area contributed by atoms with E-state index in [1.165, 1.54) is 0 Å². The van der Waals surface area contributed by atoms with Crippen molar-refractivity contribution in [1.82, 2.24) is 9.88 Å². The molecule has 4 nitrogen and oxygen atoms in total. The number of amides is 1. The summed E-state index contributed by atoms with van der Waals surface area (Å²) < 4.78 is 7.28. The topological polar surface area (TPSA) is 47.2 Å². The number of aromatic nitrogens is 1. The van der Waals surface area contributed by atoms with Gasteiger partial charge in [0.15, 0.2) is 0 Å². The lowest BCUT2D eigenvalue weighted by molar-refractivity contribution is 0.0953. The highest BCUT2D eigenvalue weighted by Crippen LogP contribution is 2.16. The van der Waals surface area contributed by atoms with Crippen LogP contribution in [0.15, 0.2) is 53.3 Å². The van der Waals surface area contributed by atoms with Gasteiger partial charge in [-0.2, -0.15) is 0 Å². The highest BCUT2D eigenvalue weighted by molar-refractivity contribution is 5.98. The van der Waals surface area contributed by atoms with Gasteiger partial charge in [0.1, 0.15) is 5.76 Å². The average molecular weight is 282 g/mol. The van der Waals surface area contributed by atoms with Gasteiger partial charge < -0.3 is 14.3 Å². The molecule has 0 unspecified atom stereocenters. The number of fused-ring (bicyclic) bond motifs is 1. The molecule has 1 aromatic carbocycles. The summed E-state index contributed by atoms with van der Waals surface area (Å²) in [5.74, 6) is 0.923. The van der Waals surface area contributed by atoms with Crippen molar-refractivity contribution in [2.24, 2.45) is 7.05 Å². The van der Waals surface area contributed by atoms with Crippen LogP contribution in [0.1, 0.15) is 22.5 Å². The monoisotopic (exact) mass is 282 g/mol. The summed E-state index contributed by atoms with van der Waals surface area (Å²) in [7, 11) is 1.98. The molecule has 0 spiro atoms. The molecule has 0 aliphatic rings. The molecule has 1 amide bonds. The minimum absolute atomic E-state index is 0.0301. The highest BCUT2D eigenvalue weighted by Gasteiger charge is 2.07. The number of rotatable bonds is 5. The van der Waals surface area contributed by atoms with E-state index in [4.69, 9.17) is 4.42 Å². The summed E-state index contributed by atoms with van der Waals surface area (Å²) in [6, 6.07) is 11.6. The molecular formula is C17H18N2O2. The number of carbonyl (C=O) groups excluding carboxylic acids is 1. The number of carbonyl (C=O) groups is 1. The molecule has 0 aliphatic heterocycles. The summed E-state index contributed by atoms with van der Waals surface area (Å²) in [4.78, 5) is 12.1. The zero-order valence-corrected chi connectivity index (χ0v) is 12.0. The van der Waals surface area contributed by atoms with Gasteiger partial charge in [-0.25, -0.2) is 0 Å². The summed E-state index contributed by atoms with van der Waals surface area (Å²) in [5.41, 5.74) is 1.76. The van der Waals surface area contributed by atoms with E-state index in [1.54, 1.807) is 6.26 Å². The zero-order valence-electron chi connectivity index (χ0n) is 12.0. The Morgan fingerprint density at radius 3 is 3.00 bits per heavy atom. The third-order valence-electron chi connectivity index (χ3n) is 3.62. The molecular weight excluding hydrogens is 264 g/mol. The van der Waals surface area contributed by atoms with Crippen molar-refractivity contribution in [3.63, 3.8) is 0 Å². The second kappa shape index (κ2) is 5.87. The molecule has 4 heteroatoms. The minimum atomic E-state index is -0.0301. The molecule has 108 valence electrons. The molecule has 0 saturated heterocycles. The van der Waals surface area contributed by atoms with E-state index in [9.17, 15) is 4.79 Å². The maximum absolute atomic E-state index is 12.1. The van der Waals surface area contributed by atoms with E-state index in [-0.39, 0.29) is 5.91 Å². The van der Waals surface area contributed by atoms with Gasteiger partial charge in [0.2, 0.25) is 0 Å². The van der Waals surface area contributed by atoms with Crippen LogP contribution in [-0.2, 0) is 13.5 Å². The van der Waals surface area contributed by atoms with Gasteiger partial charge in [-0.15, -0.1) is 0 Å². The van der Waals surface area contributed by atoms with Crippen LogP contribution in [0.3, 0.4) is 0 Å². The quantitative estimate of drug-likeness (QED) is 0.731. The van der Waals surface area contributed by atoms with Gasteiger partial charge in [0.25, 0.3) is 5.91 Å².